The first-order valence-electron chi connectivity index (χ1n) is 8.53. The van der Waals surface area contributed by atoms with E-state index in [0.717, 1.165) is 38.4 Å². The normalized spacial score (nSPS) is 23.6. The molecule has 0 spiro atoms. The Morgan fingerprint density at radius 1 is 1.24 bits per heavy atom. The minimum absolute atomic E-state index is 0.318. The van der Waals surface area contributed by atoms with Crippen molar-refractivity contribution in [2.45, 2.75) is 57.9 Å². The average molecular weight is 287 g/mol. The standard InChI is InChI=1S/C17H25N3O/c1-12-8-18-16(20(12)9-13-6-7-13)15-10-19(11-15)17(21)14-4-2-3-5-14/h8,13-15H,2-7,9-11H2,1H3. The molecule has 114 valence electrons. The van der Waals surface area contributed by atoms with E-state index in [4.69, 9.17) is 0 Å². The molecule has 0 N–H and O–H groups in total. The average Bonchev–Trinajstić information content (AvgIpc) is 2.94. The molecule has 0 unspecified atom stereocenters. The lowest BCUT2D eigenvalue weighted by Crippen LogP contribution is -2.51. The number of likely N-dealkylation sites (tertiary alicyclic amines) is 1. The highest BCUT2D eigenvalue weighted by atomic mass is 16.2. The topological polar surface area (TPSA) is 38.1 Å². The van der Waals surface area contributed by atoms with Crippen LogP contribution in [0.25, 0.3) is 0 Å². The molecule has 2 saturated carbocycles. The molecular weight excluding hydrogens is 262 g/mol. The van der Waals surface area contributed by atoms with Crippen LogP contribution in [0.5, 0.6) is 0 Å². The molecule has 1 aromatic rings. The highest BCUT2D eigenvalue weighted by Crippen LogP contribution is 2.35. The van der Waals surface area contributed by atoms with Crippen LogP contribution in [0, 0.1) is 18.8 Å². The number of aromatic nitrogens is 2. The Morgan fingerprint density at radius 3 is 2.62 bits per heavy atom. The van der Waals surface area contributed by atoms with Crippen molar-refractivity contribution in [1.82, 2.24) is 14.5 Å². The third-order valence-corrected chi connectivity index (χ3v) is 5.49. The summed E-state index contributed by atoms with van der Waals surface area (Å²) in [6, 6.07) is 0. The molecule has 1 aromatic heterocycles. The van der Waals surface area contributed by atoms with Crippen LogP contribution in [0.3, 0.4) is 0 Å². The van der Waals surface area contributed by atoms with Gasteiger partial charge in [0.25, 0.3) is 0 Å². The molecule has 21 heavy (non-hydrogen) atoms. The Bertz CT molecular complexity index is 534. The number of imidazole rings is 1. The summed E-state index contributed by atoms with van der Waals surface area (Å²) in [5, 5.41) is 0. The first-order chi connectivity index (χ1) is 10.2. The van der Waals surface area contributed by atoms with Crippen molar-refractivity contribution in [3.05, 3.63) is 17.7 Å². The number of hydrogen-bond acceptors (Lipinski definition) is 2. The number of amides is 1. The minimum atomic E-state index is 0.318. The largest absolute Gasteiger partial charge is 0.341 e. The van der Waals surface area contributed by atoms with Crippen molar-refractivity contribution in [1.29, 1.82) is 0 Å². The number of carbonyl (C=O) groups is 1. The summed E-state index contributed by atoms with van der Waals surface area (Å²) < 4.78 is 2.40. The van der Waals surface area contributed by atoms with Gasteiger partial charge >= 0.3 is 0 Å². The van der Waals surface area contributed by atoms with Crippen molar-refractivity contribution in [3.8, 4) is 0 Å². The van der Waals surface area contributed by atoms with Gasteiger partial charge in [-0.15, -0.1) is 0 Å². The smallest absolute Gasteiger partial charge is 0.225 e. The minimum Gasteiger partial charge on any atom is -0.341 e. The maximum absolute atomic E-state index is 12.4. The molecule has 0 aromatic carbocycles. The molecule has 1 saturated heterocycles. The summed E-state index contributed by atoms with van der Waals surface area (Å²) in [6.45, 7) is 5.06. The highest BCUT2D eigenvalue weighted by Gasteiger charge is 2.38. The number of aryl methyl sites for hydroxylation is 1. The summed E-state index contributed by atoms with van der Waals surface area (Å²) >= 11 is 0. The van der Waals surface area contributed by atoms with E-state index in [1.165, 1.54) is 37.2 Å². The van der Waals surface area contributed by atoms with Crippen LogP contribution >= 0.6 is 0 Å². The third kappa shape index (κ3) is 2.49. The second-order valence-corrected chi connectivity index (χ2v) is 7.23. The molecule has 0 atom stereocenters. The summed E-state index contributed by atoms with van der Waals surface area (Å²) in [5.41, 5.74) is 1.28. The fraction of sp³-hybridized carbons (Fsp3) is 0.765. The van der Waals surface area contributed by atoms with Gasteiger partial charge in [0.15, 0.2) is 0 Å². The van der Waals surface area contributed by atoms with Gasteiger partial charge in [0.1, 0.15) is 5.82 Å². The second-order valence-electron chi connectivity index (χ2n) is 7.23. The molecule has 4 heteroatoms. The Balaban J connectivity index is 1.39. The van der Waals surface area contributed by atoms with Gasteiger partial charge in [-0.1, -0.05) is 12.8 Å². The monoisotopic (exact) mass is 287 g/mol. The molecule has 0 bridgehead atoms. The second kappa shape index (κ2) is 5.15. The quantitative estimate of drug-likeness (QED) is 0.854. The van der Waals surface area contributed by atoms with Gasteiger partial charge in [-0.3, -0.25) is 4.79 Å². The number of rotatable bonds is 4. The lowest BCUT2D eigenvalue weighted by atomic mass is 9.95. The lowest BCUT2D eigenvalue weighted by Gasteiger charge is -2.40. The van der Waals surface area contributed by atoms with Crippen LogP contribution < -0.4 is 0 Å². The molecule has 3 aliphatic rings. The summed E-state index contributed by atoms with van der Waals surface area (Å²) in [6.07, 6.45) is 9.42. The van der Waals surface area contributed by atoms with Crippen LogP contribution in [-0.4, -0.2) is 33.4 Å². The van der Waals surface area contributed by atoms with E-state index < -0.39 is 0 Å². The van der Waals surface area contributed by atoms with Gasteiger partial charge in [0.05, 0.1) is 5.92 Å². The Labute approximate surface area is 126 Å². The number of carbonyl (C=O) groups excluding carboxylic acids is 1. The van der Waals surface area contributed by atoms with Gasteiger partial charge < -0.3 is 9.47 Å². The molecule has 4 rings (SSSR count). The first kappa shape index (κ1) is 13.4. The zero-order valence-corrected chi connectivity index (χ0v) is 12.9. The van der Waals surface area contributed by atoms with E-state index in [-0.39, 0.29) is 0 Å². The number of hydrogen-bond donors (Lipinski definition) is 0. The van der Waals surface area contributed by atoms with Crippen molar-refractivity contribution >= 4 is 5.91 Å². The molecule has 1 amide bonds. The molecule has 2 aliphatic carbocycles. The van der Waals surface area contributed by atoms with E-state index in [1.807, 2.05) is 6.20 Å². The first-order valence-corrected chi connectivity index (χ1v) is 8.53. The van der Waals surface area contributed by atoms with E-state index in [1.54, 1.807) is 0 Å². The fourth-order valence-electron chi connectivity index (χ4n) is 3.85. The van der Waals surface area contributed by atoms with Gasteiger partial charge in [0, 0.05) is 37.4 Å². The maximum Gasteiger partial charge on any atom is 0.225 e. The molecule has 1 aliphatic heterocycles. The fourth-order valence-corrected chi connectivity index (χ4v) is 3.85. The van der Waals surface area contributed by atoms with E-state index in [2.05, 4.69) is 21.4 Å². The Kier molecular flexibility index (Phi) is 3.27. The van der Waals surface area contributed by atoms with E-state index in [9.17, 15) is 4.79 Å². The van der Waals surface area contributed by atoms with Crippen molar-refractivity contribution in [2.75, 3.05) is 13.1 Å². The van der Waals surface area contributed by atoms with Crippen LogP contribution in [0.4, 0.5) is 0 Å². The number of nitrogens with zero attached hydrogens (tertiary/aromatic N) is 3. The van der Waals surface area contributed by atoms with Crippen LogP contribution in [0.2, 0.25) is 0 Å². The maximum atomic E-state index is 12.4. The zero-order valence-electron chi connectivity index (χ0n) is 12.9. The Hall–Kier alpha value is -1.32. The molecule has 4 nitrogen and oxygen atoms in total. The predicted octanol–water partition coefficient (Wildman–Crippen LogP) is 2.72. The summed E-state index contributed by atoms with van der Waals surface area (Å²) in [4.78, 5) is 19.1. The SMILES string of the molecule is Cc1cnc(C2CN(C(=O)C3CCCC3)C2)n1CC1CC1. The van der Waals surface area contributed by atoms with Gasteiger partial charge in [-0.05, 0) is 38.5 Å². The molecular formula is C17H25N3O. The van der Waals surface area contributed by atoms with E-state index in [0.29, 0.717) is 17.7 Å². The van der Waals surface area contributed by atoms with Gasteiger partial charge in [-0.2, -0.15) is 0 Å². The van der Waals surface area contributed by atoms with Crippen molar-refractivity contribution in [2.24, 2.45) is 11.8 Å². The van der Waals surface area contributed by atoms with Crippen LogP contribution in [0.1, 0.15) is 56.0 Å². The van der Waals surface area contributed by atoms with Gasteiger partial charge in [-0.25, -0.2) is 4.98 Å². The summed E-state index contributed by atoms with van der Waals surface area (Å²) in [5.74, 6) is 3.27. The third-order valence-electron chi connectivity index (χ3n) is 5.49. The molecule has 0 radical (unpaired) electrons. The molecule has 3 fully saturated rings. The van der Waals surface area contributed by atoms with Crippen molar-refractivity contribution < 1.29 is 4.79 Å². The van der Waals surface area contributed by atoms with Crippen molar-refractivity contribution in [3.63, 3.8) is 0 Å². The highest BCUT2D eigenvalue weighted by molar-refractivity contribution is 5.80. The predicted molar refractivity (Wildman–Crippen MR) is 81.0 cm³/mol. The Morgan fingerprint density at radius 2 is 1.95 bits per heavy atom. The molecule has 2 heterocycles. The van der Waals surface area contributed by atoms with Crippen LogP contribution in [0.15, 0.2) is 6.20 Å². The summed E-state index contributed by atoms with van der Waals surface area (Å²) in [7, 11) is 0. The van der Waals surface area contributed by atoms with Crippen LogP contribution in [-0.2, 0) is 11.3 Å². The lowest BCUT2D eigenvalue weighted by molar-refractivity contribution is -0.140. The van der Waals surface area contributed by atoms with Gasteiger partial charge in [0.2, 0.25) is 5.91 Å². The zero-order chi connectivity index (χ0) is 14.4. The van der Waals surface area contributed by atoms with E-state index >= 15 is 0 Å².